The molecule has 2 unspecified atom stereocenters. The maximum absolute atomic E-state index is 11.0. The zero-order valence-electron chi connectivity index (χ0n) is 10.8. The van der Waals surface area contributed by atoms with Crippen LogP contribution >= 0.6 is 11.6 Å². The first-order chi connectivity index (χ1) is 8.00. The highest BCUT2D eigenvalue weighted by molar-refractivity contribution is 6.31. The average molecular weight is 257 g/mol. The van der Waals surface area contributed by atoms with Crippen molar-refractivity contribution in [3.8, 4) is 0 Å². The fraction of sp³-hybridized carbons (Fsp3) is 0.769. The van der Waals surface area contributed by atoms with Crippen LogP contribution in [0.4, 0.5) is 0 Å². The summed E-state index contributed by atoms with van der Waals surface area (Å²) >= 11 is 6.24. The van der Waals surface area contributed by atoms with E-state index in [2.05, 4.69) is 25.9 Å². The van der Waals surface area contributed by atoms with Crippen molar-refractivity contribution in [1.29, 1.82) is 0 Å². The molecule has 4 heteroatoms. The van der Waals surface area contributed by atoms with Crippen LogP contribution in [0.25, 0.3) is 0 Å². The molecule has 0 aliphatic heterocycles. The third-order valence-corrected chi connectivity index (χ3v) is 4.21. The highest BCUT2D eigenvalue weighted by Crippen LogP contribution is 2.47. The maximum Gasteiger partial charge on any atom is 0.110 e. The summed E-state index contributed by atoms with van der Waals surface area (Å²) in [5.41, 5.74) is 0.0330. The van der Waals surface area contributed by atoms with Gasteiger partial charge in [-0.15, -0.1) is 0 Å². The topological polar surface area (TPSA) is 38.1 Å². The van der Waals surface area contributed by atoms with Gasteiger partial charge < -0.3 is 5.11 Å². The first-order valence-electron chi connectivity index (χ1n) is 6.46. The smallest absolute Gasteiger partial charge is 0.110 e. The Morgan fingerprint density at radius 3 is 2.94 bits per heavy atom. The lowest BCUT2D eigenvalue weighted by Crippen LogP contribution is -2.33. The number of hydrogen-bond acceptors (Lipinski definition) is 2. The summed E-state index contributed by atoms with van der Waals surface area (Å²) in [6, 6.07) is 0.222. The fourth-order valence-electron chi connectivity index (χ4n) is 3.05. The standard InChI is InChI=1S/C13H21ClN2O/c1-4-10-6-5-7-13(10,17)12-11(14)8-15-16(12)9(2)3/h8-10,17H,4-7H2,1-3H3. The molecule has 0 radical (unpaired) electrons. The van der Waals surface area contributed by atoms with Crippen LogP contribution in [0.3, 0.4) is 0 Å². The minimum absolute atomic E-state index is 0.222. The number of halogens is 1. The molecule has 2 rings (SSSR count). The molecule has 1 fully saturated rings. The van der Waals surface area contributed by atoms with Crippen LogP contribution in [0.2, 0.25) is 5.02 Å². The Kier molecular flexibility index (Phi) is 3.50. The van der Waals surface area contributed by atoms with E-state index in [0.717, 1.165) is 31.4 Å². The second-order valence-electron chi connectivity index (χ2n) is 5.30. The van der Waals surface area contributed by atoms with Gasteiger partial charge >= 0.3 is 0 Å². The van der Waals surface area contributed by atoms with E-state index in [1.165, 1.54) is 0 Å². The van der Waals surface area contributed by atoms with Gasteiger partial charge in [-0.3, -0.25) is 4.68 Å². The predicted molar refractivity (Wildman–Crippen MR) is 69.2 cm³/mol. The Labute approximate surface area is 108 Å². The van der Waals surface area contributed by atoms with E-state index in [4.69, 9.17) is 11.6 Å². The van der Waals surface area contributed by atoms with Gasteiger partial charge in [-0.1, -0.05) is 24.9 Å². The van der Waals surface area contributed by atoms with Crippen LogP contribution in [0, 0.1) is 5.92 Å². The summed E-state index contributed by atoms with van der Waals surface area (Å²) in [5, 5.41) is 15.9. The number of hydrogen-bond donors (Lipinski definition) is 1. The fourth-order valence-corrected chi connectivity index (χ4v) is 3.35. The van der Waals surface area contributed by atoms with Crippen LogP contribution in [-0.2, 0) is 5.60 Å². The number of aliphatic hydroxyl groups is 1. The predicted octanol–water partition coefficient (Wildman–Crippen LogP) is 3.52. The van der Waals surface area contributed by atoms with Gasteiger partial charge in [0.15, 0.2) is 0 Å². The summed E-state index contributed by atoms with van der Waals surface area (Å²) in [4.78, 5) is 0. The van der Waals surface area contributed by atoms with Crippen molar-refractivity contribution in [3.05, 3.63) is 16.9 Å². The Hall–Kier alpha value is -0.540. The summed E-state index contributed by atoms with van der Waals surface area (Å²) in [5.74, 6) is 0.300. The molecule has 1 saturated carbocycles. The molecule has 0 aromatic carbocycles. The van der Waals surface area contributed by atoms with Crippen LogP contribution in [0.15, 0.2) is 6.20 Å². The molecule has 1 aromatic rings. The Bertz CT molecular complexity index is 402. The molecule has 3 nitrogen and oxygen atoms in total. The normalized spacial score (nSPS) is 29.2. The largest absolute Gasteiger partial charge is 0.383 e. The molecule has 1 aromatic heterocycles. The van der Waals surface area contributed by atoms with Gasteiger partial charge in [-0.2, -0.15) is 5.10 Å². The molecule has 1 aliphatic carbocycles. The van der Waals surface area contributed by atoms with E-state index < -0.39 is 5.60 Å². The van der Waals surface area contributed by atoms with Gasteiger partial charge in [-0.25, -0.2) is 0 Å². The maximum atomic E-state index is 11.0. The lowest BCUT2D eigenvalue weighted by molar-refractivity contribution is -0.0129. The van der Waals surface area contributed by atoms with Gasteiger partial charge in [-0.05, 0) is 39.0 Å². The van der Waals surface area contributed by atoms with E-state index >= 15 is 0 Å². The quantitative estimate of drug-likeness (QED) is 0.899. The highest BCUT2D eigenvalue weighted by atomic mass is 35.5. The SMILES string of the molecule is CCC1CCCC1(O)c1c(Cl)cnn1C(C)C. The lowest BCUT2D eigenvalue weighted by Gasteiger charge is -2.31. The second-order valence-corrected chi connectivity index (χ2v) is 5.71. The third-order valence-electron chi connectivity index (χ3n) is 3.93. The van der Waals surface area contributed by atoms with Crippen molar-refractivity contribution in [2.75, 3.05) is 0 Å². The van der Waals surface area contributed by atoms with Gasteiger partial charge in [0.25, 0.3) is 0 Å². The van der Waals surface area contributed by atoms with Gasteiger partial charge in [0.1, 0.15) is 5.60 Å². The number of rotatable bonds is 3. The first kappa shape index (κ1) is 12.9. The molecule has 0 bridgehead atoms. The summed E-state index contributed by atoms with van der Waals surface area (Å²) in [6.45, 7) is 6.25. The molecule has 96 valence electrons. The van der Waals surface area contributed by atoms with Gasteiger partial charge in [0.2, 0.25) is 0 Å². The van der Waals surface area contributed by atoms with E-state index in [0.29, 0.717) is 10.9 Å². The molecule has 1 N–H and O–H groups in total. The average Bonchev–Trinajstić information content (AvgIpc) is 2.82. The number of aromatic nitrogens is 2. The highest BCUT2D eigenvalue weighted by Gasteiger charge is 2.45. The first-order valence-corrected chi connectivity index (χ1v) is 6.84. The zero-order chi connectivity index (χ0) is 12.6. The van der Waals surface area contributed by atoms with E-state index in [1.54, 1.807) is 6.20 Å². The summed E-state index contributed by atoms with van der Waals surface area (Å²) in [6.07, 6.45) is 5.57. The van der Waals surface area contributed by atoms with Crippen LogP contribution in [-0.4, -0.2) is 14.9 Å². The molecular formula is C13H21ClN2O. The van der Waals surface area contributed by atoms with Crippen LogP contribution < -0.4 is 0 Å². The minimum Gasteiger partial charge on any atom is -0.383 e. The molecule has 0 amide bonds. The van der Waals surface area contributed by atoms with Crippen molar-refractivity contribution >= 4 is 11.6 Å². The molecular weight excluding hydrogens is 236 g/mol. The summed E-state index contributed by atoms with van der Waals surface area (Å²) < 4.78 is 1.87. The Morgan fingerprint density at radius 2 is 2.35 bits per heavy atom. The number of nitrogens with zero attached hydrogens (tertiary/aromatic N) is 2. The second kappa shape index (κ2) is 4.62. The van der Waals surface area contributed by atoms with Crippen LogP contribution in [0.1, 0.15) is 58.2 Å². The molecule has 17 heavy (non-hydrogen) atoms. The Balaban J connectivity index is 2.48. The summed E-state index contributed by atoms with van der Waals surface area (Å²) in [7, 11) is 0. The monoisotopic (exact) mass is 256 g/mol. The lowest BCUT2D eigenvalue weighted by atomic mass is 9.85. The molecule has 1 aliphatic rings. The van der Waals surface area contributed by atoms with Gasteiger partial charge in [0.05, 0.1) is 16.9 Å². The zero-order valence-corrected chi connectivity index (χ0v) is 11.5. The minimum atomic E-state index is -0.785. The van der Waals surface area contributed by atoms with Crippen molar-refractivity contribution in [2.24, 2.45) is 5.92 Å². The molecule has 0 spiro atoms. The van der Waals surface area contributed by atoms with Crippen molar-refractivity contribution < 1.29 is 5.11 Å². The molecule has 2 atom stereocenters. The van der Waals surface area contributed by atoms with E-state index in [9.17, 15) is 5.11 Å². The Morgan fingerprint density at radius 1 is 1.65 bits per heavy atom. The van der Waals surface area contributed by atoms with Crippen molar-refractivity contribution in [3.63, 3.8) is 0 Å². The van der Waals surface area contributed by atoms with Gasteiger partial charge in [0, 0.05) is 6.04 Å². The molecule has 1 heterocycles. The van der Waals surface area contributed by atoms with E-state index in [-0.39, 0.29) is 6.04 Å². The molecule has 0 saturated heterocycles. The van der Waals surface area contributed by atoms with Crippen LogP contribution in [0.5, 0.6) is 0 Å². The third kappa shape index (κ3) is 2.00. The van der Waals surface area contributed by atoms with E-state index in [1.807, 2.05) is 4.68 Å². The van der Waals surface area contributed by atoms with Crippen molar-refractivity contribution in [1.82, 2.24) is 9.78 Å². The van der Waals surface area contributed by atoms with Crippen molar-refractivity contribution in [2.45, 2.75) is 58.1 Å².